The van der Waals surface area contributed by atoms with Crippen LogP contribution in [0.5, 0.6) is 29.3 Å². The van der Waals surface area contributed by atoms with Gasteiger partial charge in [0.15, 0.2) is 12.4 Å². The number of rotatable bonds is 19. The highest BCUT2D eigenvalue weighted by atomic mass is 35.5. The quantitative estimate of drug-likeness (QED) is 0.0211. The largest absolute Gasteiger partial charge is 0.481 e. The number of hydrogen-bond donors (Lipinski definition) is 8. The van der Waals surface area contributed by atoms with Crippen molar-refractivity contribution in [2.24, 2.45) is 5.73 Å². The van der Waals surface area contributed by atoms with E-state index in [1.165, 1.54) is 109 Å². The van der Waals surface area contributed by atoms with E-state index in [0.29, 0.717) is 5.75 Å². The van der Waals surface area contributed by atoms with Gasteiger partial charge >= 0.3 is 30.2 Å². The lowest BCUT2D eigenvalue weighted by atomic mass is 10.1. The summed E-state index contributed by atoms with van der Waals surface area (Å²) in [6.45, 7) is 2.68. The minimum Gasteiger partial charge on any atom is -0.481 e. The number of anilines is 3. The van der Waals surface area contributed by atoms with E-state index < -0.39 is 91.3 Å². The average Bonchev–Trinajstić information content (AvgIpc) is 2.58. The summed E-state index contributed by atoms with van der Waals surface area (Å²) in [5.74, 6) is -0.992. The predicted octanol–water partition coefficient (Wildman–Crippen LogP) is 5.61. The van der Waals surface area contributed by atoms with Crippen LogP contribution in [-0.2, 0) is 35.8 Å². The molecule has 38 heteroatoms. The molecule has 0 radical (unpaired) electrons. The Hall–Kier alpha value is -9.09. The number of carboxylic acid groups (broad SMARTS) is 1. The van der Waals surface area contributed by atoms with Gasteiger partial charge in [0.2, 0.25) is 23.7 Å². The summed E-state index contributed by atoms with van der Waals surface area (Å²) in [7, 11) is -5.09. The molecule has 0 saturated heterocycles. The summed E-state index contributed by atoms with van der Waals surface area (Å²) >= 11 is 5.94. The van der Waals surface area contributed by atoms with Crippen molar-refractivity contribution in [1.29, 1.82) is 0 Å². The number of pyridine rings is 1. The molecular formula is C47H55ClF3N14O17PS2. The van der Waals surface area contributed by atoms with Crippen LogP contribution in [0.4, 0.5) is 46.0 Å². The smallest absolute Gasteiger partial charge is 0.389 e. The van der Waals surface area contributed by atoms with Gasteiger partial charge in [0.25, 0.3) is 31.6 Å². The molecule has 2 atom stereocenters. The van der Waals surface area contributed by atoms with Gasteiger partial charge in [0.05, 0.1) is 42.8 Å². The van der Waals surface area contributed by atoms with Crippen LogP contribution in [0, 0.1) is 17.0 Å². The second-order valence-corrected chi connectivity index (χ2v) is 23.0. The van der Waals surface area contributed by atoms with Gasteiger partial charge in [-0.15, -0.1) is 0 Å². The number of aromatic nitrogens is 6. The molecule has 31 nitrogen and oxygen atoms in total. The Labute approximate surface area is 487 Å². The number of sulfonamides is 2. The Morgan fingerprint density at radius 2 is 1.40 bits per heavy atom. The lowest BCUT2D eigenvalue weighted by Gasteiger charge is -2.14. The summed E-state index contributed by atoms with van der Waals surface area (Å²) in [6.07, 6.45) is -5.01. The van der Waals surface area contributed by atoms with E-state index in [2.05, 4.69) is 40.5 Å². The van der Waals surface area contributed by atoms with Gasteiger partial charge in [-0.05, 0) is 61.7 Å². The Bertz CT molecular complexity index is 3590. The molecule has 0 aliphatic heterocycles. The molecule has 85 heavy (non-hydrogen) atoms. The monoisotopic (exact) mass is 1270 g/mol. The van der Waals surface area contributed by atoms with Gasteiger partial charge < -0.3 is 45.3 Å². The molecule has 0 aliphatic rings. The standard InChI is InChI=1S/C15H16F3N5O4S.C15H18N6O6S.C12H9ClN2O3.C5H12NO4P/c1-9-19-12(22-14(20-9)27-2)21-13(24)23-28(25,26)11-6-4-3-5-10(11)7-8-15(16,17)18;1-21(2)13(22)9-6-5-7-16-12(9)28(24,25)20-15(23)19-14-17-10(26-3)8-11(18-14)27-4;13-11-10(18-8-4-2-1-3-5-8)7-6-9(12(11)14)15(16)17;1-11(9,10)3-2-4(6)5(7)8/h3-6H,7-8H2,1-2H3,(H2,19,20,21,22,23,24);5-8H,1-4H3,(H2,17,18,19,20,23);1-7H,14H2;4H,2-3,6H2,1H3,(H,7,8)(H,9,10). The number of nitrogen functional groups attached to an aromatic ring is 1. The van der Waals surface area contributed by atoms with Crippen molar-refractivity contribution in [2.75, 3.05) is 64.6 Å². The number of hydrogen-bond acceptors (Lipinski definition) is 23. The number of nitrogens with one attached hydrogen (secondary N) is 4. The summed E-state index contributed by atoms with van der Waals surface area (Å²) < 4.78 is 122. The number of benzene rings is 3. The number of nitrogens with zero attached hydrogens (tertiary/aromatic N) is 8. The minimum atomic E-state index is -4.46. The van der Waals surface area contributed by atoms with Crippen LogP contribution in [0.1, 0.15) is 34.6 Å². The molecule has 3 aromatic heterocycles. The molecule has 3 heterocycles. The zero-order chi connectivity index (χ0) is 64.0. The lowest BCUT2D eigenvalue weighted by Crippen LogP contribution is -2.36. The van der Waals surface area contributed by atoms with Gasteiger partial charge in [-0.3, -0.25) is 34.9 Å². The Balaban J connectivity index is 0.000000312. The number of amides is 5. The molecule has 3 aromatic carbocycles. The number of alkyl halides is 3. The van der Waals surface area contributed by atoms with Gasteiger partial charge in [0, 0.05) is 45.6 Å². The maximum atomic E-state index is 12.5. The Kier molecular flexibility index (Phi) is 26.0. The molecule has 0 bridgehead atoms. The SMILES string of the molecule is COc1cc(OC)nc(NC(=O)NS(=O)(=O)c2ncccc2C(=O)N(C)C)n1.COc1nc(C)nc(NC(=O)NS(=O)(=O)c2ccccc2CCC(F)(F)F)n1.CP(=O)(O)CCC(N)C(=O)O.Nc1c([N+](=O)[O-])ccc(Oc2ccccc2)c1Cl. The Morgan fingerprint density at radius 3 is 1.93 bits per heavy atom. The molecule has 6 rings (SSSR count). The fraction of sp³-hybridized carbons (Fsp3) is 0.277. The third-order valence-corrected chi connectivity index (χ3v) is 14.2. The summed E-state index contributed by atoms with van der Waals surface area (Å²) in [5, 5.41) is 22.7. The van der Waals surface area contributed by atoms with Crippen LogP contribution < -0.4 is 50.5 Å². The van der Waals surface area contributed by atoms with Crippen LogP contribution in [0.2, 0.25) is 5.02 Å². The fourth-order valence-electron chi connectivity index (χ4n) is 6.05. The van der Waals surface area contributed by atoms with Crippen molar-refractivity contribution >= 4 is 86.2 Å². The van der Waals surface area contributed by atoms with Crippen molar-refractivity contribution in [2.45, 2.75) is 48.3 Å². The minimum absolute atomic E-state index is 0.0352. The molecule has 0 saturated carbocycles. The normalized spacial score (nSPS) is 12.0. The van der Waals surface area contributed by atoms with Gasteiger partial charge in [0.1, 0.15) is 34.1 Å². The molecule has 2 unspecified atom stereocenters. The molecule has 0 aliphatic carbocycles. The van der Waals surface area contributed by atoms with Crippen LogP contribution in [0.15, 0.2) is 101 Å². The van der Waals surface area contributed by atoms with Crippen LogP contribution >= 0.6 is 19.0 Å². The molecule has 6 aromatic rings. The molecule has 5 amide bonds. The number of aryl methyl sites for hydroxylation is 2. The van der Waals surface area contributed by atoms with Crippen molar-refractivity contribution in [3.8, 4) is 29.3 Å². The predicted molar refractivity (Wildman–Crippen MR) is 298 cm³/mol. The fourth-order valence-corrected chi connectivity index (χ4v) is 9.22. The number of ether oxygens (including phenoxy) is 4. The third kappa shape index (κ3) is 23.6. The van der Waals surface area contributed by atoms with Gasteiger partial charge in [-0.25, -0.2) is 32.4 Å². The first-order valence-corrected chi connectivity index (χ1v) is 29.2. The first kappa shape index (κ1) is 70.2. The Morgan fingerprint density at radius 1 is 0.835 bits per heavy atom. The van der Waals surface area contributed by atoms with Crippen LogP contribution in [-0.4, -0.2) is 151 Å². The van der Waals surface area contributed by atoms with E-state index in [1.807, 2.05) is 6.07 Å². The molecule has 460 valence electrons. The van der Waals surface area contributed by atoms with Crippen molar-refractivity contribution < 1.29 is 87.6 Å². The topological polar surface area (TPSA) is 455 Å². The van der Waals surface area contributed by atoms with Crippen LogP contribution in [0.25, 0.3) is 0 Å². The summed E-state index contributed by atoms with van der Waals surface area (Å²) in [6, 6.07) is 17.3. The number of halogens is 4. The number of nitro groups is 1. The molecule has 10 N–H and O–H groups in total. The van der Waals surface area contributed by atoms with Crippen molar-refractivity contribution in [3.05, 3.63) is 123 Å². The van der Waals surface area contributed by atoms with E-state index in [1.54, 1.807) is 33.7 Å². The second-order valence-electron chi connectivity index (χ2n) is 16.9. The first-order valence-electron chi connectivity index (χ1n) is 23.6. The van der Waals surface area contributed by atoms with Crippen LogP contribution in [0.3, 0.4) is 0 Å². The number of para-hydroxylation sites is 1. The first-order chi connectivity index (χ1) is 39.6. The number of nitrogens with two attached hydrogens (primary N) is 2. The van der Waals surface area contributed by atoms with Gasteiger partial charge in [-0.2, -0.15) is 46.5 Å². The summed E-state index contributed by atoms with van der Waals surface area (Å²) in [5.41, 5.74) is 10.1. The van der Waals surface area contributed by atoms with E-state index >= 15 is 0 Å². The van der Waals surface area contributed by atoms with E-state index in [9.17, 15) is 63.9 Å². The molecular weight excluding hydrogens is 1220 g/mol. The van der Waals surface area contributed by atoms with E-state index in [4.69, 9.17) is 52.0 Å². The third-order valence-electron chi connectivity index (χ3n) is 9.97. The average molecular weight is 1280 g/mol. The summed E-state index contributed by atoms with van der Waals surface area (Å²) in [4.78, 5) is 88.8. The highest BCUT2D eigenvalue weighted by molar-refractivity contribution is 7.90. The highest BCUT2D eigenvalue weighted by Gasteiger charge is 2.30. The number of methoxy groups -OCH3 is 3. The van der Waals surface area contributed by atoms with Crippen molar-refractivity contribution in [1.82, 2.24) is 44.2 Å². The van der Waals surface area contributed by atoms with E-state index in [0.717, 1.165) is 6.07 Å². The molecule has 0 spiro atoms. The number of carbonyl (C=O) groups is 4. The maximum Gasteiger partial charge on any atom is 0.389 e. The van der Waals surface area contributed by atoms with Gasteiger partial charge in [-0.1, -0.05) is 48.0 Å². The number of carbonyl (C=O) groups excluding carboxylic acids is 3. The zero-order valence-electron chi connectivity index (χ0n) is 45.6. The number of nitro benzene ring substituents is 1. The zero-order valence-corrected chi connectivity index (χ0v) is 48.9. The highest BCUT2D eigenvalue weighted by Crippen LogP contribution is 2.39. The number of carboxylic acids is 1. The lowest BCUT2D eigenvalue weighted by molar-refractivity contribution is -0.383. The van der Waals surface area contributed by atoms with E-state index in [-0.39, 0.29) is 81.3 Å². The second kappa shape index (κ2) is 31.5. The molecule has 0 fully saturated rings. The van der Waals surface area contributed by atoms with Crippen molar-refractivity contribution in [3.63, 3.8) is 0 Å². The number of aliphatic carboxylic acids is 1. The maximum absolute atomic E-state index is 12.5. The number of urea groups is 2.